The van der Waals surface area contributed by atoms with Gasteiger partial charge in [-0.1, -0.05) is 40.2 Å². The second kappa shape index (κ2) is 10.6. The Morgan fingerprint density at radius 3 is 2.60 bits per heavy atom. The van der Waals surface area contributed by atoms with Crippen LogP contribution in [0.5, 0.6) is 5.75 Å². The van der Waals surface area contributed by atoms with Crippen LogP contribution in [0, 0.1) is 5.92 Å². The Labute approximate surface area is 214 Å². The molecule has 1 saturated heterocycles. The first kappa shape index (κ1) is 23.6. The molecule has 0 aliphatic carbocycles. The zero-order chi connectivity index (χ0) is 24.2. The van der Waals surface area contributed by atoms with E-state index in [9.17, 15) is 4.79 Å². The molecular formula is C28H29BrN4O2. The van der Waals surface area contributed by atoms with Crippen molar-refractivity contribution >= 4 is 38.6 Å². The Morgan fingerprint density at radius 2 is 1.83 bits per heavy atom. The molecule has 0 radical (unpaired) electrons. The highest BCUT2D eigenvalue weighted by Gasteiger charge is 2.27. The normalized spacial score (nSPS) is 16.3. The standard InChI is InChI=1S/C28H29BrN4O2/c1-35-24-14-8-20(9-15-24)17-33-26-7-3-2-6-25(26)31-27(33)19-32-16-4-5-21(18-32)28(34)30-23-12-10-22(29)11-13-23/h2-3,6-15,21H,4-5,16-19H2,1H3,(H,30,34)/t21-/m1/s1. The summed E-state index contributed by atoms with van der Waals surface area (Å²) in [5.74, 6) is 1.93. The molecule has 2 heterocycles. The maximum absolute atomic E-state index is 13.0. The lowest BCUT2D eigenvalue weighted by Gasteiger charge is -2.31. The number of benzene rings is 3. The molecule has 1 aliphatic rings. The minimum atomic E-state index is -0.0354. The molecule has 1 aliphatic heterocycles. The molecule has 1 atom stereocenters. The van der Waals surface area contributed by atoms with E-state index in [1.54, 1.807) is 7.11 Å². The van der Waals surface area contributed by atoms with Crippen LogP contribution in [0.3, 0.4) is 0 Å². The molecular weight excluding hydrogens is 504 g/mol. The molecule has 4 aromatic rings. The van der Waals surface area contributed by atoms with E-state index >= 15 is 0 Å². The maximum Gasteiger partial charge on any atom is 0.228 e. The SMILES string of the molecule is COc1ccc(Cn2c(CN3CCC[C@@H](C(=O)Nc4ccc(Br)cc4)C3)nc3ccccc32)cc1. The summed E-state index contributed by atoms with van der Waals surface area (Å²) in [6.07, 6.45) is 1.90. The molecule has 35 heavy (non-hydrogen) atoms. The van der Waals surface area contributed by atoms with E-state index in [2.05, 4.69) is 61.0 Å². The summed E-state index contributed by atoms with van der Waals surface area (Å²) in [7, 11) is 1.68. The lowest BCUT2D eigenvalue weighted by molar-refractivity contribution is -0.121. The minimum Gasteiger partial charge on any atom is -0.497 e. The van der Waals surface area contributed by atoms with Crippen LogP contribution in [0.2, 0.25) is 0 Å². The van der Waals surface area contributed by atoms with Crippen molar-refractivity contribution in [1.29, 1.82) is 0 Å². The third-order valence-corrected chi connectivity index (χ3v) is 7.12. The molecule has 0 spiro atoms. The summed E-state index contributed by atoms with van der Waals surface area (Å²) in [5.41, 5.74) is 4.15. The van der Waals surface area contributed by atoms with Gasteiger partial charge in [-0.2, -0.15) is 0 Å². The van der Waals surface area contributed by atoms with Gasteiger partial charge >= 0.3 is 0 Å². The van der Waals surface area contributed by atoms with E-state index in [0.717, 1.165) is 65.2 Å². The van der Waals surface area contributed by atoms with Crippen molar-refractivity contribution in [2.45, 2.75) is 25.9 Å². The second-order valence-electron chi connectivity index (χ2n) is 9.02. The number of likely N-dealkylation sites (tertiary alicyclic amines) is 1. The van der Waals surface area contributed by atoms with Crippen LogP contribution in [0.15, 0.2) is 77.3 Å². The van der Waals surface area contributed by atoms with Crippen molar-refractivity contribution < 1.29 is 9.53 Å². The summed E-state index contributed by atoms with van der Waals surface area (Å²) in [4.78, 5) is 20.3. The van der Waals surface area contributed by atoms with Gasteiger partial charge in [-0.25, -0.2) is 4.98 Å². The first-order valence-corrected chi connectivity index (χ1v) is 12.7. The Balaban J connectivity index is 1.32. The van der Waals surface area contributed by atoms with Crippen molar-refractivity contribution in [1.82, 2.24) is 14.5 Å². The summed E-state index contributed by atoms with van der Waals surface area (Å²) >= 11 is 3.44. The van der Waals surface area contributed by atoms with Crippen LogP contribution in [-0.4, -0.2) is 40.6 Å². The highest BCUT2D eigenvalue weighted by molar-refractivity contribution is 9.10. The number of hydrogen-bond donors (Lipinski definition) is 1. The highest BCUT2D eigenvalue weighted by Crippen LogP contribution is 2.24. The number of piperidine rings is 1. The third-order valence-electron chi connectivity index (χ3n) is 6.59. The number of carbonyl (C=O) groups is 1. The third kappa shape index (κ3) is 5.57. The van der Waals surface area contributed by atoms with Gasteiger partial charge in [-0.15, -0.1) is 0 Å². The predicted molar refractivity (Wildman–Crippen MR) is 143 cm³/mol. The van der Waals surface area contributed by atoms with Gasteiger partial charge in [-0.3, -0.25) is 9.69 Å². The summed E-state index contributed by atoms with van der Waals surface area (Å²) < 4.78 is 8.60. The number of amides is 1. The predicted octanol–water partition coefficient (Wildman–Crippen LogP) is 5.71. The zero-order valence-corrected chi connectivity index (χ0v) is 21.4. The zero-order valence-electron chi connectivity index (χ0n) is 19.8. The monoisotopic (exact) mass is 532 g/mol. The van der Waals surface area contributed by atoms with Gasteiger partial charge < -0.3 is 14.6 Å². The molecule has 0 unspecified atom stereocenters. The Hall–Kier alpha value is -3.16. The fraction of sp³-hybridized carbons (Fsp3) is 0.286. The Morgan fingerprint density at radius 1 is 1.06 bits per heavy atom. The number of hydrogen-bond acceptors (Lipinski definition) is 4. The fourth-order valence-corrected chi connectivity index (χ4v) is 4.99. The Bertz CT molecular complexity index is 1300. The molecule has 5 rings (SSSR count). The number of nitrogens with one attached hydrogen (secondary N) is 1. The van der Waals surface area contributed by atoms with E-state index in [-0.39, 0.29) is 11.8 Å². The number of rotatable bonds is 7. The van der Waals surface area contributed by atoms with Crippen LogP contribution in [0.1, 0.15) is 24.2 Å². The van der Waals surface area contributed by atoms with Gasteiger partial charge in [0.25, 0.3) is 0 Å². The van der Waals surface area contributed by atoms with Crippen LogP contribution >= 0.6 is 15.9 Å². The van der Waals surface area contributed by atoms with Gasteiger partial charge in [0.1, 0.15) is 11.6 Å². The number of nitrogens with zero attached hydrogens (tertiary/aromatic N) is 3. The summed E-state index contributed by atoms with van der Waals surface area (Å²) in [6, 6.07) is 24.2. The van der Waals surface area contributed by atoms with Crippen LogP contribution in [0.25, 0.3) is 11.0 Å². The van der Waals surface area contributed by atoms with E-state index in [1.807, 2.05) is 42.5 Å². The smallest absolute Gasteiger partial charge is 0.228 e. The maximum atomic E-state index is 13.0. The molecule has 1 aromatic heterocycles. The number of imidazole rings is 1. The molecule has 6 nitrogen and oxygen atoms in total. The molecule has 0 bridgehead atoms. The average Bonchev–Trinajstić information content (AvgIpc) is 3.22. The molecule has 180 valence electrons. The van der Waals surface area contributed by atoms with Crippen molar-refractivity contribution in [3.63, 3.8) is 0 Å². The van der Waals surface area contributed by atoms with Crippen molar-refractivity contribution in [3.05, 3.63) is 88.7 Å². The quantitative estimate of drug-likeness (QED) is 0.331. The number of carbonyl (C=O) groups excluding carboxylic acids is 1. The molecule has 7 heteroatoms. The van der Waals surface area contributed by atoms with E-state index in [4.69, 9.17) is 9.72 Å². The van der Waals surface area contributed by atoms with Gasteiger partial charge in [0.05, 0.1) is 30.6 Å². The number of ether oxygens (including phenoxy) is 1. The highest BCUT2D eigenvalue weighted by atomic mass is 79.9. The molecule has 1 fully saturated rings. The number of methoxy groups -OCH3 is 1. The van der Waals surface area contributed by atoms with Gasteiger partial charge in [0, 0.05) is 23.2 Å². The summed E-state index contributed by atoms with van der Waals surface area (Å²) in [6.45, 7) is 3.15. The fourth-order valence-electron chi connectivity index (χ4n) is 4.73. The van der Waals surface area contributed by atoms with E-state index < -0.39 is 0 Å². The average molecular weight is 533 g/mol. The molecule has 3 aromatic carbocycles. The lowest BCUT2D eigenvalue weighted by atomic mass is 9.97. The molecule has 1 N–H and O–H groups in total. The van der Waals surface area contributed by atoms with Crippen molar-refractivity contribution in [3.8, 4) is 5.75 Å². The van der Waals surface area contributed by atoms with Crippen LogP contribution in [0.4, 0.5) is 5.69 Å². The number of halogens is 1. The number of fused-ring (bicyclic) bond motifs is 1. The first-order chi connectivity index (χ1) is 17.1. The topological polar surface area (TPSA) is 59.4 Å². The number of para-hydroxylation sites is 2. The van der Waals surface area contributed by atoms with Gasteiger partial charge in [0.15, 0.2) is 0 Å². The van der Waals surface area contributed by atoms with Gasteiger partial charge in [0.2, 0.25) is 5.91 Å². The Kier molecular flexibility index (Phi) is 7.16. The summed E-state index contributed by atoms with van der Waals surface area (Å²) in [5, 5.41) is 3.08. The van der Waals surface area contributed by atoms with Gasteiger partial charge in [-0.05, 0) is 73.5 Å². The molecule has 0 saturated carbocycles. The number of anilines is 1. The first-order valence-electron chi connectivity index (χ1n) is 11.9. The van der Waals surface area contributed by atoms with Crippen molar-refractivity contribution in [2.24, 2.45) is 5.92 Å². The second-order valence-corrected chi connectivity index (χ2v) is 9.94. The van der Waals surface area contributed by atoms with Crippen molar-refractivity contribution in [2.75, 3.05) is 25.5 Å². The van der Waals surface area contributed by atoms with E-state index in [0.29, 0.717) is 6.54 Å². The van der Waals surface area contributed by atoms with Crippen LogP contribution in [-0.2, 0) is 17.9 Å². The van der Waals surface area contributed by atoms with E-state index in [1.165, 1.54) is 5.56 Å². The minimum absolute atomic E-state index is 0.0354. The lowest BCUT2D eigenvalue weighted by Crippen LogP contribution is -2.40. The molecule has 1 amide bonds. The number of aromatic nitrogens is 2. The van der Waals surface area contributed by atoms with Crippen LogP contribution < -0.4 is 10.1 Å². The largest absolute Gasteiger partial charge is 0.497 e.